The summed E-state index contributed by atoms with van der Waals surface area (Å²) in [7, 11) is 0. The van der Waals surface area contributed by atoms with Gasteiger partial charge in [-0.25, -0.2) is 0 Å². The van der Waals surface area contributed by atoms with Gasteiger partial charge in [-0.3, -0.25) is 4.79 Å². The SMILES string of the molecule is CCOc1cccc(C(C)NC(=O)C(C)C2CNC2)c1. The van der Waals surface area contributed by atoms with Gasteiger partial charge in [0.1, 0.15) is 5.75 Å². The molecule has 2 rings (SSSR count). The average Bonchev–Trinajstić information content (AvgIpc) is 2.37. The molecule has 4 nitrogen and oxygen atoms in total. The molecule has 0 saturated carbocycles. The number of hydrogen-bond donors (Lipinski definition) is 2. The molecule has 0 aliphatic carbocycles. The van der Waals surface area contributed by atoms with Gasteiger partial charge in [0, 0.05) is 5.92 Å². The van der Waals surface area contributed by atoms with E-state index in [1.54, 1.807) is 0 Å². The Labute approximate surface area is 120 Å². The molecule has 2 atom stereocenters. The van der Waals surface area contributed by atoms with E-state index in [4.69, 9.17) is 4.74 Å². The van der Waals surface area contributed by atoms with Crippen molar-refractivity contribution < 1.29 is 9.53 Å². The highest BCUT2D eigenvalue weighted by Gasteiger charge is 2.29. The fraction of sp³-hybridized carbons (Fsp3) is 0.562. The van der Waals surface area contributed by atoms with E-state index in [0.29, 0.717) is 12.5 Å². The quantitative estimate of drug-likeness (QED) is 0.837. The van der Waals surface area contributed by atoms with Crippen LogP contribution >= 0.6 is 0 Å². The average molecular weight is 276 g/mol. The summed E-state index contributed by atoms with van der Waals surface area (Å²) in [6.07, 6.45) is 0. The third-order valence-corrected chi connectivity index (χ3v) is 3.96. The molecule has 1 aromatic rings. The Morgan fingerprint density at radius 3 is 2.80 bits per heavy atom. The second kappa shape index (κ2) is 6.75. The number of hydrogen-bond acceptors (Lipinski definition) is 3. The molecule has 1 aromatic carbocycles. The lowest BCUT2D eigenvalue weighted by molar-refractivity contribution is -0.127. The number of carbonyl (C=O) groups is 1. The maximum Gasteiger partial charge on any atom is 0.223 e. The summed E-state index contributed by atoms with van der Waals surface area (Å²) in [5, 5.41) is 6.30. The summed E-state index contributed by atoms with van der Waals surface area (Å²) in [6.45, 7) is 8.52. The van der Waals surface area contributed by atoms with Gasteiger partial charge < -0.3 is 15.4 Å². The number of ether oxygens (including phenoxy) is 1. The fourth-order valence-electron chi connectivity index (χ4n) is 2.35. The summed E-state index contributed by atoms with van der Waals surface area (Å²) in [5.41, 5.74) is 1.07. The Bertz CT molecular complexity index is 458. The van der Waals surface area contributed by atoms with E-state index < -0.39 is 0 Å². The number of nitrogens with one attached hydrogen (secondary N) is 2. The maximum absolute atomic E-state index is 12.2. The molecule has 1 saturated heterocycles. The summed E-state index contributed by atoms with van der Waals surface area (Å²) < 4.78 is 5.49. The van der Waals surface area contributed by atoms with Crippen molar-refractivity contribution in [2.45, 2.75) is 26.8 Å². The lowest BCUT2D eigenvalue weighted by Gasteiger charge is -2.32. The van der Waals surface area contributed by atoms with Crippen LogP contribution in [0.5, 0.6) is 5.75 Å². The van der Waals surface area contributed by atoms with E-state index >= 15 is 0 Å². The molecule has 4 heteroatoms. The highest BCUT2D eigenvalue weighted by Crippen LogP contribution is 2.21. The molecule has 0 radical (unpaired) electrons. The largest absolute Gasteiger partial charge is 0.494 e. The van der Waals surface area contributed by atoms with Crippen LogP contribution in [0, 0.1) is 11.8 Å². The maximum atomic E-state index is 12.2. The van der Waals surface area contributed by atoms with Crippen LogP contribution in [0.3, 0.4) is 0 Å². The molecule has 1 heterocycles. The number of amides is 1. The Kier molecular flexibility index (Phi) is 5.01. The second-order valence-electron chi connectivity index (χ2n) is 5.44. The highest BCUT2D eigenvalue weighted by atomic mass is 16.5. The van der Waals surface area contributed by atoms with Crippen LogP contribution in [0.1, 0.15) is 32.4 Å². The van der Waals surface area contributed by atoms with Crippen molar-refractivity contribution in [2.75, 3.05) is 19.7 Å². The first-order valence-electron chi connectivity index (χ1n) is 7.35. The third-order valence-electron chi connectivity index (χ3n) is 3.96. The third kappa shape index (κ3) is 3.51. The predicted molar refractivity (Wildman–Crippen MR) is 79.7 cm³/mol. The van der Waals surface area contributed by atoms with Crippen LogP contribution in [0.4, 0.5) is 0 Å². The molecule has 110 valence electrons. The first-order valence-corrected chi connectivity index (χ1v) is 7.35. The Morgan fingerprint density at radius 1 is 1.45 bits per heavy atom. The van der Waals surface area contributed by atoms with Crippen molar-refractivity contribution in [2.24, 2.45) is 11.8 Å². The summed E-state index contributed by atoms with van der Waals surface area (Å²) >= 11 is 0. The minimum Gasteiger partial charge on any atom is -0.494 e. The molecule has 1 amide bonds. The van der Waals surface area contributed by atoms with E-state index in [-0.39, 0.29) is 17.9 Å². The summed E-state index contributed by atoms with van der Waals surface area (Å²) in [6, 6.07) is 7.90. The molecule has 1 fully saturated rings. The van der Waals surface area contributed by atoms with Gasteiger partial charge in [0.15, 0.2) is 0 Å². The van der Waals surface area contributed by atoms with Gasteiger partial charge in [-0.1, -0.05) is 19.1 Å². The van der Waals surface area contributed by atoms with Gasteiger partial charge in [0.25, 0.3) is 0 Å². The Hall–Kier alpha value is -1.55. The van der Waals surface area contributed by atoms with Crippen LogP contribution in [0.25, 0.3) is 0 Å². The van der Waals surface area contributed by atoms with Gasteiger partial charge in [-0.2, -0.15) is 0 Å². The zero-order chi connectivity index (χ0) is 14.5. The van der Waals surface area contributed by atoms with E-state index in [1.165, 1.54) is 0 Å². The van der Waals surface area contributed by atoms with Crippen LogP contribution in [-0.4, -0.2) is 25.6 Å². The monoisotopic (exact) mass is 276 g/mol. The minimum absolute atomic E-state index is 0.00149. The van der Waals surface area contributed by atoms with Crippen LogP contribution in [0.2, 0.25) is 0 Å². The van der Waals surface area contributed by atoms with Crippen molar-refractivity contribution in [3.8, 4) is 5.75 Å². The number of rotatable bonds is 6. The highest BCUT2D eigenvalue weighted by molar-refractivity contribution is 5.79. The summed E-state index contributed by atoms with van der Waals surface area (Å²) in [4.78, 5) is 12.2. The van der Waals surface area contributed by atoms with Crippen molar-refractivity contribution in [1.82, 2.24) is 10.6 Å². The summed E-state index contributed by atoms with van der Waals surface area (Å²) in [5.74, 6) is 1.51. The lowest BCUT2D eigenvalue weighted by Crippen LogP contribution is -2.49. The predicted octanol–water partition coefficient (Wildman–Crippen LogP) is 2.12. The second-order valence-corrected chi connectivity index (χ2v) is 5.44. The first kappa shape index (κ1) is 14.9. The molecule has 20 heavy (non-hydrogen) atoms. The van der Waals surface area contributed by atoms with E-state index in [2.05, 4.69) is 10.6 Å². The minimum atomic E-state index is -0.00149. The topological polar surface area (TPSA) is 50.4 Å². The molecule has 0 aromatic heterocycles. The standard InChI is InChI=1S/C16H24N2O2/c1-4-20-15-7-5-6-13(8-15)12(3)18-16(19)11(2)14-9-17-10-14/h5-8,11-12,14,17H,4,9-10H2,1-3H3,(H,18,19). The molecule has 2 N–H and O–H groups in total. The van der Waals surface area contributed by atoms with Crippen molar-refractivity contribution in [3.05, 3.63) is 29.8 Å². The fourth-order valence-corrected chi connectivity index (χ4v) is 2.35. The first-order chi connectivity index (χ1) is 9.61. The molecule has 0 bridgehead atoms. The molecule has 1 aliphatic heterocycles. The van der Waals surface area contributed by atoms with Gasteiger partial charge >= 0.3 is 0 Å². The molecule has 1 aliphatic rings. The molecular weight excluding hydrogens is 252 g/mol. The van der Waals surface area contributed by atoms with Gasteiger partial charge in [0.2, 0.25) is 5.91 Å². The Morgan fingerprint density at radius 2 is 2.20 bits per heavy atom. The zero-order valence-electron chi connectivity index (χ0n) is 12.5. The number of carbonyl (C=O) groups excluding carboxylic acids is 1. The van der Waals surface area contributed by atoms with Crippen LogP contribution < -0.4 is 15.4 Å². The lowest BCUT2D eigenvalue weighted by atomic mass is 9.88. The van der Waals surface area contributed by atoms with Gasteiger partial charge in [-0.05, 0) is 50.6 Å². The van der Waals surface area contributed by atoms with Crippen molar-refractivity contribution in [3.63, 3.8) is 0 Å². The van der Waals surface area contributed by atoms with E-state index in [9.17, 15) is 4.79 Å². The van der Waals surface area contributed by atoms with E-state index in [1.807, 2.05) is 45.0 Å². The number of benzene rings is 1. The zero-order valence-corrected chi connectivity index (χ0v) is 12.5. The van der Waals surface area contributed by atoms with Crippen molar-refractivity contribution >= 4 is 5.91 Å². The van der Waals surface area contributed by atoms with Crippen LogP contribution in [0.15, 0.2) is 24.3 Å². The Balaban J connectivity index is 1.94. The normalized spacial score (nSPS) is 17.9. The van der Waals surface area contributed by atoms with Crippen molar-refractivity contribution in [1.29, 1.82) is 0 Å². The van der Waals surface area contributed by atoms with E-state index in [0.717, 1.165) is 24.4 Å². The smallest absolute Gasteiger partial charge is 0.223 e. The van der Waals surface area contributed by atoms with Crippen LogP contribution in [-0.2, 0) is 4.79 Å². The molecular formula is C16H24N2O2. The van der Waals surface area contributed by atoms with Gasteiger partial charge in [-0.15, -0.1) is 0 Å². The molecule has 0 spiro atoms. The van der Waals surface area contributed by atoms with Gasteiger partial charge in [0.05, 0.1) is 12.6 Å². The molecule has 2 unspecified atom stereocenters.